The average molecular weight is 493 g/mol. The number of rotatable bonds is 4. The molecule has 1 aliphatic heterocycles. The van der Waals surface area contributed by atoms with E-state index in [0.717, 1.165) is 24.2 Å². The van der Waals surface area contributed by atoms with E-state index in [1.54, 1.807) is 19.9 Å². The van der Waals surface area contributed by atoms with E-state index in [1.807, 2.05) is 13.0 Å². The molecule has 0 bridgehead atoms. The fourth-order valence-electron chi connectivity index (χ4n) is 3.63. The summed E-state index contributed by atoms with van der Waals surface area (Å²) < 4.78 is 40.0. The fourth-order valence-corrected chi connectivity index (χ4v) is 4.45. The quantitative estimate of drug-likeness (QED) is 0.545. The lowest BCUT2D eigenvalue weighted by Crippen LogP contribution is -2.28. The zero-order valence-electron chi connectivity index (χ0n) is 18.6. The van der Waals surface area contributed by atoms with Crippen molar-refractivity contribution in [2.75, 3.05) is 13.2 Å². The van der Waals surface area contributed by atoms with Crippen LogP contribution in [0.1, 0.15) is 42.6 Å². The van der Waals surface area contributed by atoms with Crippen LogP contribution < -0.4 is 15.3 Å². The van der Waals surface area contributed by atoms with E-state index in [9.17, 15) is 13.2 Å². The molecule has 2 aliphatic rings. The van der Waals surface area contributed by atoms with Crippen LogP contribution in [-0.2, 0) is 14.8 Å². The molecule has 1 saturated carbocycles. The first kappa shape index (κ1) is 23.7. The highest BCUT2D eigenvalue weighted by molar-refractivity contribution is 7.89. The molecule has 8 nitrogen and oxygen atoms in total. The minimum Gasteiger partial charge on any atom is -0.483 e. The molecule has 33 heavy (non-hydrogen) atoms. The second kappa shape index (κ2) is 8.72. The molecule has 1 aliphatic carbocycles. The molecule has 0 amide bonds. The van der Waals surface area contributed by atoms with Crippen LogP contribution in [0.4, 0.5) is 0 Å². The maximum Gasteiger partial charge on any atom is 0.259 e. The van der Waals surface area contributed by atoms with E-state index in [4.69, 9.17) is 30.6 Å². The fraction of sp³-hybridized carbons (Fsp3) is 0.391. The third kappa shape index (κ3) is 5.06. The van der Waals surface area contributed by atoms with Gasteiger partial charge in [-0.05, 0) is 63.4 Å². The summed E-state index contributed by atoms with van der Waals surface area (Å²) in [4.78, 5) is 16.2. The Morgan fingerprint density at radius 1 is 1.21 bits per heavy atom. The summed E-state index contributed by atoms with van der Waals surface area (Å²) >= 11 is 5.77. The smallest absolute Gasteiger partial charge is 0.259 e. The van der Waals surface area contributed by atoms with Gasteiger partial charge in [0, 0.05) is 16.5 Å². The van der Waals surface area contributed by atoms with Crippen LogP contribution in [-0.4, -0.2) is 26.6 Å². The highest BCUT2D eigenvalue weighted by atomic mass is 35.5. The molecule has 1 spiro atoms. The number of pyridine rings is 1. The average Bonchev–Trinajstić information content (AvgIpc) is 3.53. The molecule has 0 radical (unpaired) electrons. The molecule has 1 unspecified atom stereocenters. The van der Waals surface area contributed by atoms with Gasteiger partial charge in [-0.1, -0.05) is 11.6 Å². The minimum absolute atomic E-state index is 0.0264. The van der Waals surface area contributed by atoms with Crippen molar-refractivity contribution < 1.29 is 22.3 Å². The number of nitrogens with two attached hydrogens (primary N) is 1. The Morgan fingerprint density at radius 3 is 2.45 bits per heavy atom. The van der Waals surface area contributed by atoms with E-state index < -0.39 is 21.2 Å². The number of hydrogen-bond acceptors (Lipinski definition) is 7. The lowest BCUT2D eigenvalue weighted by molar-refractivity contribution is -0.0493. The van der Waals surface area contributed by atoms with Gasteiger partial charge >= 0.3 is 0 Å². The van der Waals surface area contributed by atoms with Gasteiger partial charge in [-0.3, -0.25) is 4.79 Å². The van der Waals surface area contributed by atoms with Crippen LogP contribution in [0.25, 0.3) is 11.0 Å². The monoisotopic (exact) mass is 492 g/mol. The van der Waals surface area contributed by atoms with Crippen LogP contribution in [0.3, 0.4) is 0 Å². The molecule has 3 aromatic rings. The van der Waals surface area contributed by atoms with Crippen molar-refractivity contribution in [1.29, 1.82) is 0 Å². The summed E-state index contributed by atoms with van der Waals surface area (Å²) in [7, 11) is -4.14. The number of fused-ring (bicyclic) bond motifs is 1. The Bertz CT molecular complexity index is 1380. The Kier molecular flexibility index (Phi) is 6.26. The first-order chi connectivity index (χ1) is 15.5. The molecule has 10 heteroatoms. The van der Waals surface area contributed by atoms with Crippen LogP contribution >= 0.6 is 11.6 Å². The summed E-state index contributed by atoms with van der Waals surface area (Å²) in [6.45, 7) is 7.34. The SMILES string of the molecule is C1CC12COC2.Cc1cc(C(C)Oc2ccc(Cl)nc2S(N)(=O)=O)c2occ(C)c(=O)c2c1. The van der Waals surface area contributed by atoms with Crippen molar-refractivity contribution in [2.24, 2.45) is 10.6 Å². The van der Waals surface area contributed by atoms with Gasteiger partial charge in [-0.2, -0.15) is 0 Å². The largest absolute Gasteiger partial charge is 0.483 e. The number of ether oxygens (including phenoxy) is 2. The van der Waals surface area contributed by atoms with Crippen LogP contribution in [0, 0.1) is 19.3 Å². The van der Waals surface area contributed by atoms with Gasteiger partial charge in [0.2, 0.25) is 5.03 Å². The highest BCUT2D eigenvalue weighted by Gasteiger charge is 2.49. The van der Waals surface area contributed by atoms with E-state index in [0.29, 0.717) is 22.1 Å². The first-order valence-corrected chi connectivity index (χ1v) is 12.4. The summed E-state index contributed by atoms with van der Waals surface area (Å²) in [5.41, 5.74) is 2.92. The second-order valence-corrected chi connectivity index (χ2v) is 10.6. The molecular weight excluding hydrogens is 468 g/mol. The van der Waals surface area contributed by atoms with Gasteiger partial charge in [0.15, 0.2) is 11.2 Å². The van der Waals surface area contributed by atoms with Crippen LogP contribution in [0.2, 0.25) is 5.15 Å². The maximum atomic E-state index is 12.4. The van der Waals surface area contributed by atoms with Crippen LogP contribution in [0.5, 0.6) is 5.75 Å². The molecule has 176 valence electrons. The van der Waals surface area contributed by atoms with Crippen molar-refractivity contribution in [1.82, 2.24) is 4.98 Å². The molecule has 1 saturated heterocycles. The first-order valence-electron chi connectivity index (χ1n) is 10.5. The Balaban J connectivity index is 0.000000367. The van der Waals surface area contributed by atoms with Crippen molar-refractivity contribution in [2.45, 2.75) is 44.7 Å². The molecule has 1 atom stereocenters. The zero-order valence-corrected chi connectivity index (χ0v) is 20.1. The predicted molar refractivity (Wildman–Crippen MR) is 124 cm³/mol. The number of aryl methyl sites for hydroxylation is 2. The van der Waals surface area contributed by atoms with E-state index >= 15 is 0 Å². The van der Waals surface area contributed by atoms with Gasteiger partial charge in [0.1, 0.15) is 16.8 Å². The molecular formula is C23H25ClN2O6S. The normalized spacial score (nSPS) is 17.1. The molecule has 2 aromatic heterocycles. The number of sulfonamides is 1. The number of hydrogen-bond donors (Lipinski definition) is 1. The molecule has 2 N–H and O–H groups in total. The van der Waals surface area contributed by atoms with Gasteiger partial charge in [0.05, 0.1) is 24.9 Å². The van der Waals surface area contributed by atoms with Gasteiger partial charge in [-0.15, -0.1) is 0 Å². The lowest BCUT2D eigenvalue weighted by atomic mass is 10.0. The van der Waals surface area contributed by atoms with Crippen LogP contribution in [0.15, 0.2) is 44.8 Å². The van der Waals surface area contributed by atoms with Gasteiger partial charge < -0.3 is 13.9 Å². The zero-order chi connectivity index (χ0) is 24.0. The molecule has 1 aromatic carbocycles. The topological polar surface area (TPSA) is 122 Å². The third-order valence-electron chi connectivity index (χ3n) is 5.79. The second-order valence-electron chi connectivity index (χ2n) is 8.71. The van der Waals surface area contributed by atoms with E-state index in [1.165, 1.54) is 31.2 Å². The van der Waals surface area contributed by atoms with E-state index in [2.05, 4.69) is 4.98 Å². The summed E-state index contributed by atoms with van der Waals surface area (Å²) in [6.07, 6.45) is 3.61. The van der Waals surface area contributed by atoms with Crippen molar-refractivity contribution in [3.8, 4) is 5.75 Å². The number of benzene rings is 1. The third-order valence-corrected chi connectivity index (χ3v) is 6.84. The molecule has 3 heterocycles. The minimum atomic E-state index is -4.14. The Labute approximate surface area is 196 Å². The summed E-state index contributed by atoms with van der Waals surface area (Å²) in [5.74, 6) is -0.0430. The molecule has 2 fully saturated rings. The van der Waals surface area contributed by atoms with Crippen molar-refractivity contribution >= 4 is 32.6 Å². The van der Waals surface area contributed by atoms with E-state index in [-0.39, 0.29) is 16.3 Å². The Morgan fingerprint density at radius 2 is 1.91 bits per heavy atom. The maximum absolute atomic E-state index is 12.4. The number of halogens is 1. The summed E-state index contributed by atoms with van der Waals surface area (Å²) in [6, 6.07) is 6.33. The standard InChI is InChI=1S/C18H17ClN2O5S.C5H8O/c1-9-6-12(17-13(7-9)16(22)10(2)8-25-17)11(3)26-14-4-5-15(19)21-18(14)27(20,23)24;1-2-5(1)3-6-4-5/h4-8,11H,1-3H3,(H2,20,23,24);1-4H2. The molecule has 5 rings (SSSR count). The van der Waals surface area contributed by atoms with Gasteiger partial charge in [0.25, 0.3) is 10.0 Å². The van der Waals surface area contributed by atoms with Gasteiger partial charge in [-0.25, -0.2) is 18.5 Å². The lowest BCUT2D eigenvalue weighted by Gasteiger charge is -2.24. The Hall–Kier alpha value is -2.46. The summed E-state index contributed by atoms with van der Waals surface area (Å²) in [5, 5.41) is 5.15. The number of nitrogens with zero attached hydrogens (tertiary/aromatic N) is 1. The number of primary sulfonamides is 1. The highest BCUT2D eigenvalue weighted by Crippen LogP contribution is 2.51. The predicted octanol–water partition coefficient (Wildman–Crippen LogP) is 4.04. The van der Waals surface area contributed by atoms with Crippen molar-refractivity contribution in [3.05, 3.63) is 62.6 Å². The van der Waals surface area contributed by atoms with Crippen molar-refractivity contribution in [3.63, 3.8) is 0 Å². The number of aromatic nitrogens is 1.